The summed E-state index contributed by atoms with van der Waals surface area (Å²) >= 11 is 5.68. The van der Waals surface area contributed by atoms with Crippen LogP contribution in [0.5, 0.6) is 0 Å². The summed E-state index contributed by atoms with van der Waals surface area (Å²) in [5.74, 6) is 0.695. The Bertz CT molecular complexity index is 282. The second kappa shape index (κ2) is 10.2. The normalized spacial score (nSPS) is 13.2. The lowest BCUT2D eigenvalue weighted by molar-refractivity contribution is 0.604. The van der Waals surface area contributed by atoms with E-state index in [-0.39, 0.29) is 0 Å². The van der Waals surface area contributed by atoms with E-state index in [2.05, 4.69) is 16.5 Å². The minimum atomic E-state index is 0.695. The molecule has 0 aliphatic carbocycles. The number of nitrogens with zero attached hydrogens (tertiary/aromatic N) is 2. The lowest BCUT2D eigenvalue weighted by Gasteiger charge is -2.12. The van der Waals surface area contributed by atoms with E-state index in [1.165, 1.54) is 5.70 Å². The second-order valence-electron chi connectivity index (χ2n) is 3.79. The van der Waals surface area contributed by atoms with Crippen LogP contribution in [0.3, 0.4) is 0 Å². The molecule has 3 nitrogen and oxygen atoms in total. The number of alkyl halides is 1. The van der Waals surface area contributed by atoms with Gasteiger partial charge in [-0.05, 0) is 32.8 Å². The van der Waals surface area contributed by atoms with E-state index in [0.717, 1.165) is 25.1 Å². The molecule has 0 unspecified atom stereocenters. The van der Waals surface area contributed by atoms with E-state index in [9.17, 15) is 0 Å². The van der Waals surface area contributed by atoms with Gasteiger partial charge in [-0.25, -0.2) is 0 Å². The van der Waals surface area contributed by atoms with Gasteiger partial charge in [0.2, 0.25) is 0 Å². The summed E-state index contributed by atoms with van der Waals surface area (Å²) in [4.78, 5) is 6.32. The van der Waals surface area contributed by atoms with Crippen molar-refractivity contribution in [2.75, 3.05) is 26.5 Å². The molecule has 0 amide bonds. The molecule has 0 fully saturated rings. The highest BCUT2D eigenvalue weighted by atomic mass is 35.5. The van der Waals surface area contributed by atoms with Crippen LogP contribution in [0.4, 0.5) is 0 Å². The molecule has 0 atom stereocenters. The molecule has 1 N–H and O–H groups in total. The Morgan fingerprint density at radius 1 is 1.47 bits per heavy atom. The molecular weight excluding hydrogens is 234 g/mol. The topological polar surface area (TPSA) is 27.6 Å². The summed E-state index contributed by atoms with van der Waals surface area (Å²) < 4.78 is 0. The Hall–Kier alpha value is -0.960. The van der Waals surface area contributed by atoms with Crippen molar-refractivity contribution in [2.24, 2.45) is 4.99 Å². The van der Waals surface area contributed by atoms with E-state index >= 15 is 0 Å². The van der Waals surface area contributed by atoms with Crippen LogP contribution in [0.15, 0.2) is 29.2 Å². The van der Waals surface area contributed by atoms with Crippen LogP contribution in [0, 0.1) is 0 Å². The fourth-order valence-corrected chi connectivity index (χ4v) is 1.46. The number of halogens is 1. The molecule has 0 aliphatic rings. The van der Waals surface area contributed by atoms with Crippen molar-refractivity contribution >= 4 is 17.3 Å². The van der Waals surface area contributed by atoms with Gasteiger partial charge < -0.3 is 10.2 Å². The Labute approximate surface area is 110 Å². The standard InChI is InChI=1S/C13H24ClN3/c1-5-16-12(2)8-10-17(4)11-13(15-3)7-6-9-14/h8,10-11,15H,5-7,9H2,1-4H3/b10-8-,13-11+,16-12?. The summed E-state index contributed by atoms with van der Waals surface area (Å²) in [6, 6.07) is 0. The van der Waals surface area contributed by atoms with E-state index in [1.54, 1.807) is 0 Å². The molecule has 0 saturated carbocycles. The third kappa shape index (κ3) is 8.81. The molecular formula is C13H24ClN3. The predicted octanol–water partition coefficient (Wildman–Crippen LogP) is 2.99. The molecule has 0 spiro atoms. The number of aliphatic imine (C=N–C) groups is 1. The monoisotopic (exact) mass is 257 g/mol. The third-order valence-electron chi connectivity index (χ3n) is 2.22. The Kier molecular flexibility index (Phi) is 9.63. The molecule has 0 bridgehead atoms. The molecule has 0 aromatic rings. The highest BCUT2D eigenvalue weighted by molar-refractivity contribution is 6.17. The van der Waals surface area contributed by atoms with Crippen LogP contribution in [0.1, 0.15) is 26.7 Å². The van der Waals surface area contributed by atoms with Gasteiger partial charge in [0.15, 0.2) is 0 Å². The van der Waals surface area contributed by atoms with Crippen molar-refractivity contribution in [3.05, 3.63) is 24.2 Å². The first-order valence-electron chi connectivity index (χ1n) is 5.99. The van der Waals surface area contributed by atoms with Gasteiger partial charge in [0.25, 0.3) is 0 Å². The fraction of sp³-hybridized carbons (Fsp3) is 0.615. The smallest absolute Gasteiger partial charge is 0.0364 e. The molecule has 0 aromatic heterocycles. The van der Waals surface area contributed by atoms with Crippen LogP contribution >= 0.6 is 11.6 Å². The largest absolute Gasteiger partial charge is 0.390 e. The van der Waals surface area contributed by atoms with Gasteiger partial charge in [-0.15, -0.1) is 11.6 Å². The predicted molar refractivity (Wildman–Crippen MR) is 77.6 cm³/mol. The molecule has 0 saturated heterocycles. The van der Waals surface area contributed by atoms with Crippen molar-refractivity contribution in [3.63, 3.8) is 0 Å². The van der Waals surface area contributed by atoms with Gasteiger partial charge in [0.1, 0.15) is 0 Å². The third-order valence-corrected chi connectivity index (χ3v) is 2.49. The van der Waals surface area contributed by atoms with Crippen molar-refractivity contribution in [1.29, 1.82) is 0 Å². The molecule has 17 heavy (non-hydrogen) atoms. The van der Waals surface area contributed by atoms with Crippen LogP contribution < -0.4 is 5.32 Å². The Morgan fingerprint density at radius 3 is 2.71 bits per heavy atom. The van der Waals surface area contributed by atoms with Gasteiger partial charge in [-0.3, -0.25) is 4.99 Å². The maximum absolute atomic E-state index is 5.68. The van der Waals surface area contributed by atoms with Gasteiger partial charge in [0, 0.05) is 50.3 Å². The van der Waals surface area contributed by atoms with E-state index in [4.69, 9.17) is 11.6 Å². The van der Waals surface area contributed by atoms with Crippen molar-refractivity contribution in [1.82, 2.24) is 10.2 Å². The minimum absolute atomic E-state index is 0.695. The summed E-state index contributed by atoms with van der Waals surface area (Å²) in [5, 5.41) is 3.18. The summed E-state index contributed by atoms with van der Waals surface area (Å²) in [6.07, 6.45) is 8.05. The van der Waals surface area contributed by atoms with Crippen LogP contribution in [-0.2, 0) is 0 Å². The maximum atomic E-state index is 5.68. The number of hydrogen-bond acceptors (Lipinski definition) is 3. The lowest BCUT2D eigenvalue weighted by atomic mass is 10.2. The van der Waals surface area contributed by atoms with Crippen LogP contribution in [0.2, 0.25) is 0 Å². The highest BCUT2D eigenvalue weighted by Crippen LogP contribution is 2.03. The second-order valence-corrected chi connectivity index (χ2v) is 4.17. The van der Waals surface area contributed by atoms with Gasteiger partial charge >= 0.3 is 0 Å². The molecule has 0 radical (unpaired) electrons. The zero-order valence-corrected chi connectivity index (χ0v) is 12.1. The number of hydrogen-bond donors (Lipinski definition) is 1. The summed E-state index contributed by atoms with van der Waals surface area (Å²) in [7, 11) is 3.94. The number of allylic oxidation sites excluding steroid dienone is 2. The number of rotatable bonds is 8. The molecule has 98 valence electrons. The highest BCUT2D eigenvalue weighted by Gasteiger charge is 1.95. The van der Waals surface area contributed by atoms with E-state index in [0.29, 0.717) is 5.88 Å². The van der Waals surface area contributed by atoms with Crippen LogP contribution in [0.25, 0.3) is 0 Å². The molecule has 0 aliphatic heterocycles. The zero-order chi connectivity index (χ0) is 13.1. The van der Waals surface area contributed by atoms with Crippen molar-refractivity contribution in [2.45, 2.75) is 26.7 Å². The quantitative estimate of drug-likeness (QED) is 0.535. The van der Waals surface area contributed by atoms with Gasteiger partial charge in [0.05, 0.1) is 0 Å². The first kappa shape index (κ1) is 16.0. The molecule has 0 heterocycles. The van der Waals surface area contributed by atoms with E-state index < -0.39 is 0 Å². The lowest BCUT2D eigenvalue weighted by Crippen LogP contribution is -2.12. The molecule has 0 aromatic carbocycles. The van der Waals surface area contributed by atoms with Gasteiger partial charge in [-0.2, -0.15) is 0 Å². The number of nitrogens with one attached hydrogen (secondary N) is 1. The Morgan fingerprint density at radius 2 is 2.18 bits per heavy atom. The van der Waals surface area contributed by atoms with Crippen molar-refractivity contribution in [3.8, 4) is 0 Å². The van der Waals surface area contributed by atoms with Crippen LogP contribution in [-0.4, -0.2) is 37.1 Å². The van der Waals surface area contributed by atoms with Crippen molar-refractivity contribution < 1.29 is 0 Å². The zero-order valence-electron chi connectivity index (χ0n) is 11.3. The summed E-state index contributed by atoms with van der Waals surface area (Å²) in [6.45, 7) is 4.86. The minimum Gasteiger partial charge on any atom is -0.390 e. The average molecular weight is 258 g/mol. The average Bonchev–Trinajstić information content (AvgIpc) is 2.32. The Balaban J connectivity index is 4.33. The summed E-state index contributed by atoms with van der Waals surface area (Å²) in [5.41, 5.74) is 2.22. The molecule has 4 heteroatoms. The SMILES string of the molecule is CCN=C(C)/C=C\N(C)/C=C(\CCCCl)NC. The van der Waals surface area contributed by atoms with Gasteiger partial charge in [-0.1, -0.05) is 0 Å². The fourth-order valence-electron chi connectivity index (χ4n) is 1.33. The molecule has 0 rings (SSSR count). The first-order chi connectivity index (χ1) is 8.13. The maximum Gasteiger partial charge on any atom is 0.0364 e. The first-order valence-corrected chi connectivity index (χ1v) is 6.53. The van der Waals surface area contributed by atoms with E-state index in [1.807, 2.05) is 45.1 Å².